The molecule has 88 valence electrons. The molecule has 0 aliphatic rings. The van der Waals surface area contributed by atoms with E-state index in [1.807, 2.05) is 22.6 Å². The number of aliphatic carboxylic acids is 1. The van der Waals surface area contributed by atoms with Crippen molar-refractivity contribution in [1.29, 1.82) is 0 Å². The summed E-state index contributed by atoms with van der Waals surface area (Å²) in [6.07, 6.45) is -3.12. The number of rotatable bonds is 4. The zero-order valence-corrected chi connectivity index (χ0v) is 10.8. The Morgan fingerprint density at radius 2 is 2.25 bits per heavy atom. The Morgan fingerprint density at radius 1 is 1.62 bits per heavy atom. The zero-order valence-electron chi connectivity index (χ0n) is 7.88. The van der Waals surface area contributed by atoms with Crippen LogP contribution >= 0.6 is 34.2 Å². The summed E-state index contributed by atoms with van der Waals surface area (Å²) >= 11 is 7.45. The Hall–Kier alpha value is -0.500. The van der Waals surface area contributed by atoms with E-state index in [1.54, 1.807) is 0 Å². The van der Waals surface area contributed by atoms with Crippen LogP contribution in [0.1, 0.15) is 23.4 Å². The van der Waals surface area contributed by atoms with Crippen LogP contribution in [-0.2, 0) is 17.1 Å². The average molecular weight is 362 g/mol. The van der Waals surface area contributed by atoms with Crippen LogP contribution < -0.4 is 0 Å². The van der Waals surface area contributed by atoms with E-state index in [9.17, 15) is 13.6 Å². The number of pyridine rings is 1. The molecule has 1 aromatic heterocycles. The number of alkyl halides is 3. The van der Waals surface area contributed by atoms with E-state index in [4.69, 9.17) is 16.7 Å². The van der Waals surface area contributed by atoms with Crippen molar-refractivity contribution in [2.45, 2.75) is 18.7 Å². The largest absolute Gasteiger partial charge is 0.481 e. The first-order valence-corrected chi connectivity index (χ1v) is 5.81. The minimum Gasteiger partial charge on any atom is -0.481 e. The first kappa shape index (κ1) is 13.6. The van der Waals surface area contributed by atoms with E-state index in [1.165, 1.54) is 6.07 Å². The van der Waals surface area contributed by atoms with Crippen LogP contribution in [0.4, 0.5) is 8.78 Å². The average Bonchev–Trinajstić information content (AvgIpc) is 2.20. The lowest BCUT2D eigenvalue weighted by Crippen LogP contribution is -2.08. The highest BCUT2D eigenvalue weighted by Gasteiger charge is 2.17. The predicted molar refractivity (Wildman–Crippen MR) is 62.8 cm³/mol. The number of carbonyl (C=O) groups is 1. The van der Waals surface area contributed by atoms with Crippen LogP contribution in [-0.4, -0.2) is 16.1 Å². The van der Waals surface area contributed by atoms with Crippen LogP contribution in [0.3, 0.4) is 0 Å². The maximum Gasteiger partial charge on any atom is 0.309 e. The summed E-state index contributed by atoms with van der Waals surface area (Å²) in [7, 11) is 0. The normalized spacial score (nSPS) is 10.8. The van der Waals surface area contributed by atoms with E-state index in [2.05, 4.69) is 4.98 Å². The van der Waals surface area contributed by atoms with Crippen molar-refractivity contribution in [3.05, 3.63) is 26.6 Å². The quantitative estimate of drug-likeness (QED) is 0.662. The van der Waals surface area contributed by atoms with Crippen molar-refractivity contribution in [1.82, 2.24) is 4.98 Å². The van der Waals surface area contributed by atoms with E-state index in [-0.39, 0.29) is 18.0 Å². The monoisotopic (exact) mass is 361 g/mol. The van der Waals surface area contributed by atoms with Crippen molar-refractivity contribution in [3.63, 3.8) is 0 Å². The molecule has 7 heteroatoms. The molecule has 1 N–H and O–H groups in total. The minimum atomic E-state index is -2.73. The number of hydrogen-bond donors (Lipinski definition) is 1. The van der Waals surface area contributed by atoms with E-state index in [0.29, 0.717) is 9.13 Å². The Kier molecular flexibility index (Phi) is 4.85. The van der Waals surface area contributed by atoms with Gasteiger partial charge in [-0.25, -0.2) is 8.78 Å². The molecule has 0 unspecified atom stereocenters. The summed E-state index contributed by atoms with van der Waals surface area (Å²) in [5, 5.41) is 8.62. The van der Waals surface area contributed by atoms with Crippen LogP contribution in [0.2, 0.25) is 0 Å². The number of hydrogen-bond acceptors (Lipinski definition) is 2. The summed E-state index contributed by atoms with van der Waals surface area (Å²) in [5.74, 6) is -1.06. The first-order valence-electron chi connectivity index (χ1n) is 4.19. The van der Waals surface area contributed by atoms with E-state index < -0.39 is 18.1 Å². The smallest absolute Gasteiger partial charge is 0.309 e. The van der Waals surface area contributed by atoms with Gasteiger partial charge in [0.2, 0.25) is 0 Å². The molecule has 0 aromatic carbocycles. The number of nitrogens with zero attached hydrogens (tertiary/aromatic N) is 1. The molecule has 0 radical (unpaired) electrons. The highest BCUT2D eigenvalue weighted by molar-refractivity contribution is 14.1. The molecule has 0 saturated heterocycles. The molecule has 0 fully saturated rings. The van der Waals surface area contributed by atoms with E-state index in [0.717, 1.165) is 0 Å². The maximum atomic E-state index is 12.5. The number of carboxylic acid groups (broad SMARTS) is 1. The molecular formula is C9H7ClF2INO2. The Bertz CT molecular complexity index is 415. The second-order valence-corrected chi connectivity index (χ2v) is 4.32. The molecule has 0 saturated carbocycles. The van der Waals surface area contributed by atoms with Gasteiger partial charge in [0, 0.05) is 9.45 Å². The summed E-state index contributed by atoms with van der Waals surface area (Å²) < 4.78 is 25.5. The van der Waals surface area contributed by atoms with Gasteiger partial charge in [-0.2, -0.15) is 0 Å². The number of aromatic nitrogens is 1. The fourth-order valence-corrected chi connectivity index (χ4v) is 2.23. The van der Waals surface area contributed by atoms with Gasteiger partial charge in [-0.1, -0.05) is 0 Å². The Balaban J connectivity index is 3.24. The molecule has 16 heavy (non-hydrogen) atoms. The molecule has 1 heterocycles. The van der Waals surface area contributed by atoms with Crippen LogP contribution in [0.15, 0.2) is 6.07 Å². The third-order valence-electron chi connectivity index (χ3n) is 1.81. The molecule has 0 amide bonds. The van der Waals surface area contributed by atoms with Crippen molar-refractivity contribution >= 4 is 40.2 Å². The van der Waals surface area contributed by atoms with Crippen molar-refractivity contribution in [2.75, 3.05) is 0 Å². The standard InChI is InChI=1S/C9H7ClF2INO2/c10-3-4-1-6(9(11)12)14-5(8(4)13)2-7(15)16/h1,9H,2-3H2,(H,15,16). The van der Waals surface area contributed by atoms with Crippen LogP contribution in [0.25, 0.3) is 0 Å². The third kappa shape index (κ3) is 3.24. The molecule has 0 aliphatic carbocycles. The summed E-state index contributed by atoms with van der Waals surface area (Å²) in [4.78, 5) is 14.2. The fourth-order valence-electron chi connectivity index (χ4n) is 1.13. The molecule has 1 aromatic rings. The lowest BCUT2D eigenvalue weighted by molar-refractivity contribution is -0.136. The topological polar surface area (TPSA) is 50.2 Å². The highest BCUT2D eigenvalue weighted by Crippen LogP contribution is 2.24. The zero-order chi connectivity index (χ0) is 12.3. The molecule has 0 aliphatic heterocycles. The SMILES string of the molecule is O=C(O)Cc1nc(C(F)F)cc(CCl)c1I. The Morgan fingerprint density at radius 3 is 2.69 bits per heavy atom. The van der Waals surface area contributed by atoms with Gasteiger partial charge in [-0.15, -0.1) is 11.6 Å². The number of halogens is 4. The molecular weight excluding hydrogens is 354 g/mol. The van der Waals surface area contributed by atoms with Gasteiger partial charge in [0.15, 0.2) is 0 Å². The van der Waals surface area contributed by atoms with Gasteiger partial charge in [-0.05, 0) is 34.2 Å². The second-order valence-electron chi connectivity index (χ2n) is 2.97. The van der Waals surface area contributed by atoms with E-state index >= 15 is 0 Å². The second kappa shape index (κ2) is 5.72. The lowest BCUT2D eigenvalue weighted by atomic mass is 10.2. The minimum absolute atomic E-state index is 0.0487. The van der Waals surface area contributed by atoms with Gasteiger partial charge in [0.05, 0.1) is 12.1 Å². The highest BCUT2D eigenvalue weighted by atomic mass is 127. The van der Waals surface area contributed by atoms with Crippen LogP contribution in [0.5, 0.6) is 0 Å². The summed E-state index contributed by atoms with van der Waals surface area (Å²) in [5.41, 5.74) is 0.165. The maximum absolute atomic E-state index is 12.5. The summed E-state index contributed by atoms with van der Waals surface area (Å²) in [6.45, 7) is 0. The first-order chi connectivity index (χ1) is 7.45. The third-order valence-corrected chi connectivity index (χ3v) is 3.41. The van der Waals surface area contributed by atoms with Crippen molar-refractivity contribution in [2.24, 2.45) is 0 Å². The lowest BCUT2D eigenvalue weighted by Gasteiger charge is -2.09. The molecule has 0 atom stereocenters. The Labute approximate surface area is 109 Å². The van der Waals surface area contributed by atoms with Gasteiger partial charge in [-0.3, -0.25) is 9.78 Å². The van der Waals surface area contributed by atoms with Gasteiger partial charge >= 0.3 is 5.97 Å². The molecule has 1 rings (SSSR count). The predicted octanol–water partition coefficient (Wildman–Crippen LogP) is 2.99. The fraction of sp³-hybridized carbons (Fsp3) is 0.333. The molecule has 0 bridgehead atoms. The van der Waals surface area contributed by atoms with Gasteiger partial charge < -0.3 is 5.11 Å². The van der Waals surface area contributed by atoms with Crippen molar-refractivity contribution in [3.8, 4) is 0 Å². The van der Waals surface area contributed by atoms with Crippen molar-refractivity contribution < 1.29 is 18.7 Å². The molecule has 3 nitrogen and oxygen atoms in total. The van der Waals surface area contributed by atoms with Gasteiger partial charge in [0.25, 0.3) is 6.43 Å². The number of carboxylic acids is 1. The molecule has 0 spiro atoms. The van der Waals surface area contributed by atoms with Crippen LogP contribution in [0, 0.1) is 3.57 Å². The van der Waals surface area contributed by atoms with Gasteiger partial charge in [0.1, 0.15) is 5.69 Å². The summed E-state index contributed by atoms with van der Waals surface area (Å²) in [6, 6.07) is 1.20.